The molecular weight excluding hydrogens is 288 g/mol. The molecule has 23 heavy (non-hydrogen) atoms. The highest BCUT2D eigenvalue weighted by Crippen LogP contribution is 2.16. The smallest absolute Gasteiger partial charge is 0.356 e. The van der Waals surface area contributed by atoms with E-state index in [1.165, 1.54) is 0 Å². The predicted molar refractivity (Wildman–Crippen MR) is 84.8 cm³/mol. The van der Waals surface area contributed by atoms with Gasteiger partial charge in [-0.2, -0.15) is 0 Å². The highest BCUT2D eigenvalue weighted by molar-refractivity contribution is 6.17. The van der Waals surface area contributed by atoms with Gasteiger partial charge in [-0.3, -0.25) is 0 Å². The van der Waals surface area contributed by atoms with Crippen molar-refractivity contribution in [1.29, 1.82) is 0 Å². The first-order valence-electron chi connectivity index (χ1n) is 6.89. The lowest BCUT2D eigenvalue weighted by molar-refractivity contribution is -0.150. The van der Waals surface area contributed by atoms with Crippen LogP contribution in [-0.2, 0) is 14.3 Å². The second-order valence-electron chi connectivity index (χ2n) is 4.66. The number of cyclic esters (lactones) is 2. The first kappa shape index (κ1) is 14.4. The topological polar surface area (TPSA) is 43.4 Å². The van der Waals surface area contributed by atoms with E-state index in [-0.39, 0.29) is 11.1 Å². The molecule has 3 nitrogen and oxygen atoms in total. The number of ether oxygens (including phenoxy) is 1. The number of esters is 2. The Hall–Kier alpha value is -3.56. The third kappa shape index (κ3) is 3.37. The Labute approximate surface area is 133 Å². The molecule has 0 saturated heterocycles. The molecule has 108 valence electrons. The molecule has 2 aromatic carbocycles. The fraction of sp³-hybridized carbons (Fsp3) is 0. The molecule has 0 N–H and O–H groups in total. The molecule has 0 fully saturated rings. The van der Waals surface area contributed by atoms with Crippen molar-refractivity contribution in [3.05, 3.63) is 82.9 Å². The van der Waals surface area contributed by atoms with Crippen molar-refractivity contribution < 1.29 is 14.3 Å². The van der Waals surface area contributed by atoms with E-state index in [1.807, 2.05) is 60.7 Å². The summed E-state index contributed by atoms with van der Waals surface area (Å²) in [6, 6.07) is 18.3. The number of carbonyl (C=O) groups excluding carboxylic acids is 2. The van der Waals surface area contributed by atoms with E-state index in [2.05, 4.69) is 28.4 Å². The van der Waals surface area contributed by atoms with Crippen LogP contribution < -0.4 is 0 Å². The zero-order chi connectivity index (χ0) is 16.1. The molecule has 0 amide bonds. The maximum Gasteiger partial charge on any atom is 0.356 e. The third-order valence-corrected chi connectivity index (χ3v) is 3.05. The van der Waals surface area contributed by atoms with Crippen molar-refractivity contribution in [2.45, 2.75) is 0 Å². The van der Waals surface area contributed by atoms with Gasteiger partial charge >= 0.3 is 11.9 Å². The van der Waals surface area contributed by atoms with Crippen molar-refractivity contribution >= 4 is 11.9 Å². The number of hydrogen-bond acceptors (Lipinski definition) is 3. The molecular formula is C20H10O3. The Morgan fingerprint density at radius 3 is 1.35 bits per heavy atom. The van der Waals surface area contributed by atoms with Crippen molar-refractivity contribution in [1.82, 2.24) is 0 Å². The molecule has 0 aliphatic carbocycles. The quantitative estimate of drug-likeness (QED) is 0.426. The molecule has 1 aliphatic heterocycles. The molecule has 3 heteroatoms. The summed E-state index contributed by atoms with van der Waals surface area (Å²) in [5, 5.41) is 0. The third-order valence-electron chi connectivity index (χ3n) is 3.05. The first-order valence-corrected chi connectivity index (χ1v) is 6.89. The van der Waals surface area contributed by atoms with Gasteiger partial charge in [-0.1, -0.05) is 60.1 Å². The Kier molecular flexibility index (Phi) is 4.05. The SMILES string of the molecule is O=C1OC(=O)C(C#Cc2ccccc2)=C1C#Cc1ccccc1. The van der Waals surface area contributed by atoms with Crippen LogP contribution in [0, 0.1) is 23.7 Å². The second kappa shape index (κ2) is 6.47. The number of rotatable bonds is 0. The summed E-state index contributed by atoms with van der Waals surface area (Å²) in [6.07, 6.45) is 0. The standard InChI is InChI=1S/C20H10O3/c21-19-17(13-11-15-7-3-1-4-8-15)18(20(22)23-19)14-12-16-9-5-2-6-10-16/h1-10H. The zero-order valence-electron chi connectivity index (χ0n) is 12.0. The normalized spacial score (nSPS) is 12.9. The van der Waals surface area contributed by atoms with Crippen molar-refractivity contribution in [3.8, 4) is 23.7 Å². The number of benzene rings is 2. The van der Waals surface area contributed by atoms with Crippen LogP contribution in [0.15, 0.2) is 71.8 Å². The highest BCUT2D eigenvalue weighted by Gasteiger charge is 2.31. The van der Waals surface area contributed by atoms with Gasteiger partial charge in [-0.25, -0.2) is 9.59 Å². The average Bonchev–Trinajstić information content (AvgIpc) is 2.86. The van der Waals surface area contributed by atoms with Gasteiger partial charge in [-0.05, 0) is 24.3 Å². The molecule has 0 spiro atoms. The minimum atomic E-state index is -0.754. The Bertz CT molecular complexity index is 837. The summed E-state index contributed by atoms with van der Waals surface area (Å²) >= 11 is 0. The van der Waals surface area contributed by atoms with E-state index in [0.717, 1.165) is 11.1 Å². The molecule has 0 saturated carbocycles. The van der Waals surface area contributed by atoms with E-state index in [4.69, 9.17) is 0 Å². The molecule has 0 aromatic heterocycles. The van der Waals surface area contributed by atoms with Crippen molar-refractivity contribution in [2.24, 2.45) is 0 Å². The maximum atomic E-state index is 11.8. The zero-order valence-corrected chi connectivity index (χ0v) is 12.0. The van der Waals surface area contributed by atoms with Crippen LogP contribution >= 0.6 is 0 Å². The van der Waals surface area contributed by atoms with E-state index in [0.29, 0.717) is 0 Å². The summed E-state index contributed by atoms with van der Waals surface area (Å²) < 4.78 is 4.61. The first-order chi connectivity index (χ1) is 11.2. The van der Waals surface area contributed by atoms with Crippen LogP contribution in [-0.4, -0.2) is 11.9 Å². The fourth-order valence-corrected chi connectivity index (χ4v) is 1.93. The van der Waals surface area contributed by atoms with E-state index in [9.17, 15) is 9.59 Å². The Morgan fingerprint density at radius 2 is 0.957 bits per heavy atom. The number of carbonyl (C=O) groups is 2. The Morgan fingerprint density at radius 1 is 0.565 bits per heavy atom. The van der Waals surface area contributed by atoms with Crippen LogP contribution in [0.2, 0.25) is 0 Å². The molecule has 3 rings (SSSR count). The van der Waals surface area contributed by atoms with Crippen LogP contribution in [0.4, 0.5) is 0 Å². The van der Waals surface area contributed by atoms with Gasteiger partial charge in [0.2, 0.25) is 0 Å². The summed E-state index contributed by atoms with van der Waals surface area (Å²) in [5.74, 6) is 9.56. The van der Waals surface area contributed by atoms with Crippen LogP contribution in [0.25, 0.3) is 0 Å². The van der Waals surface area contributed by atoms with Gasteiger partial charge in [-0.15, -0.1) is 0 Å². The summed E-state index contributed by atoms with van der Waals surface area (Å²) in [5.41, 5.74) is 1.48. The van der Waals surface area contributed by atoms with Gasteiger partial charge in [0.15, 0.2) is 0 Å². The number of hydrogen-bond donors (Lipinski definition) is 0. The molecule has 1 aliphatic rings. The second-order valence-corrected chi connectivity index (χ2v) is 4.66. The van der Waals surface area contributed by atoms with E-state index in [1.54, 1.807) is 0 Å². The highest BCUT2D eigenvalue weighted by atomic mass is 16.6. The summed E-state index contributed by atoms with van der Waals surface area (Å²) in [4.78, 5) is 23.5. The van der Waals surface area contributed by atoms with Gasteiger partial charge in [0, 0.05) is 11.1 Å². The minimum Gasteiger partial charge on any atom is -0.385 e. The monoisotopic (exact) mass is 298 g/mol. The minimum absolute atomic E-state index is 0.00211. The molecule has 0 atom stereocenters. The lowest BCUT2D eigenvalue weighted by atomic mass is 10.1. The van der Waals surface area contributed by atoms with Crippen LogP contribution in [0.1, 0.15) is 11.1 Å². The van der Waals surface area contributed by atoms with Crippen LogP contribution in [0.3, 0.4) is 0 Å². The van der Waals surface area contributed by atoms with Crippen molar-refractivity contribution in [3.63, 3.8) is 0 Å². The fourth-order valence-electron chi connectivity index (χ4n) is 1.93. The molecule has 0 bridgehead atoms. The van der Waals surface area contributed by atoms with E-state index < -0.39 is 11.9 Å². The molecule has 1 heterocycles. The lowest BCUT2D eigenvalue weighted by Gasteiger charge is -1.88. The molecule has 0 radical (unpaired) electrons. The predicted octanol–water partition coefficient (Wildman–Crippen LogP) is 2.47. The average molecular weight is 298 g/mol. The maximum absolute atomic E-state index is 11.8. The van der Waals surface area contributed by atoms with Gasteiger partial charge < -0.3 is 4.74 Å². The van der Waals surface area contributed by atoms with Crippen LogP contribution in [0.5, 0.6) is 0 Å². The van der Waals surface area contributed by atoms with Crippen molar-refractivity contribution in [2.75, 3.05) is 0 Å². The van der Waals surface area contributed by atoms with Gasteiger partial charge in [0.25, 0.3) is 0 Å². The largest absolute Gasteiger partial charge is 0.385 e. The van der Waals surface area contributed by atoms with E-state index >= 15 is 0 Å². The van der Waals surface area contributed by atoms with Gasteiger partial charge in [0.05, 0.1) is 0 Å². The lowest BCUT2D eigenvalue weighted by Crippen LogP contribution is -2.01. The Balaban J connectivity index is 1.99. The molecule has 2 aromatic rings. The van der Waals surface area contributed by atoms with Gasteiger partial charge in [0.1, 0.15) is 11.1 Å². The summed E-state index contributed by atoms with van der Waals surface area (Å²) in [7, 11) is 0. The molecule has 0 unspecified atom stereocenters. The summed E-state index contributed by atoms with van der Waals surface area (Å²) in [6.45, 7) is 0.